The van der Waals surface area contributed by atoms with Crippen molar-refractivity contribution in [2.45, 2.75) is 46.3 Å². The summed E-state index contributed by atoms with van der Waals surface area (Å²) in [5, 5.41) is 0. The average molecular weight is 392 g/mol. The number of ether oxygens (including phenoxy) is 2. The summed E-state index contributed by atoms with van der Waals surface area (Å²) in [5.41, 5.74) is 4.49. The molecule has 0 aliphatic carbocycles. The zero-order chi connectivity index (χ0) is 21.6. The van der Waals surface area contributed by atoms with Crippen molar-refractivity contribution >= 4 is 11.9 Å². The van der Waals surface area contributed by atoms with Crippen LogP contribution in [0.2, 0.25) is 0 Å². The maximum Gasteiger partial charge on any atom is 0.333 e. The molecule has 0 bridgehead atoms. The van der Waals surface area contributed by atoms with Crippen LogP contribution in [0.3, 0.4) is 0 Å². The van der Waals surface area contributed by atoms with Crippen LogP contribution in [0.1, 0.15) is 49.9 Å². The Morgan fingerprint density at radius 3 is 1.52 bits per heavy atom. The highest BCUT2D eigenvalue weighted by molar-refractivity contribution is 5.87. The van der Waals surface area contributed by atoms with Gasteiger partial charge in [0, 0.05) is 16.6 Å². The van der Waals surface area contributed by atoms with Crippen molar-refractivity contribution in [3.8, 4) is 0 Å². The molecule has 0 aromatic heterocycles. The molecule has 2 rings (SSSR count). The van der Waals surface area contributed by atoms with Crippen LogP contribution in [-0.4, -0.2) is 11.9 Å². The number of esters is 2. The number of carbonyl (C=O) groups excluding carboxylic acids is 2. The smallest absolute Gasteiger partial charge is 0.333 e. The first-order valence-corrected chi connectivity index (χ1v) is 9.45. The largest absolute Gasteiger partial charge is 0.457 e. The van der Waals surface area contributed by atoms with Gasteiger partial charge in [0.05, 0.1) is 0 Å². The van der Waals surface area contributed by atoms with Gasteiger partial charge in [-0.2, -0.15) is 0 Å². The van der Waals surface area contributed by atoms with E-state index in [1.54, 1.807) is 13.8 Å². The Bertz CT molecular complexity index is 862. The highest BCUT2D eigenvalue weighted by Gasteiger charge is 2.24. The summed E-state index contributed by atoms with van der Waals surface area (Å²) < 4.78 is 10.5. The van der Waals surface area contributed by atoms with Crippen LogP contribution in [0.15, 0.2) is 72.8 Å². The van der Waals surface area contributed by atoms with Gasteiger partial charge in [-0.25, -0.2) is 9.59 Å². The minimum absolute atomic E-state index is 0.201. The van der Waals surface area contributed by atoms with E-state index in [9.17, 15) is 9.59 Å². The van der Waals surface area contributed by atoms with Crippen LogP contribution in [0.25, 0.3) is 0 Å². The second-order valence-electron chi connectivity index (χ2n) is 7.74. The molecule has 29 heavy (non-hydrogen) atoms. The normalized spacial score (nSPS) is 10.9. The van der Waals surface area contributed by atoms with Crippen LogP contribution < -0.4 is 0 Å². The van der Waals surface area contributed by atoms with E-state index >= 15 is 0 Å². The molecule has 0 heterocycles. The third-order valence-corrected chi connectivity index (χ3v) is 4.73. The molecular weight excluding hydrogens is 364 g/mol. The van der Waals surface area contributed by atoms with E-state index in [0.29, 0.717) is 11.1 Å². The molecule has 0 aliphatic heterocycles. The molecule has 0 amide bonds. The monoisotopic (exact) mass is 392 g/mol. The van der Waals surface area contributed by atoms with E-state index in [4.69, 9.17) is 9.47 Å². The lowest BCUT2D eigenvalue weighted by Crippen LogP contribution is -2.19. The molecule has 0 fully saturated rings. The van der Waals surface area contributed by atoms with E-state index in [-0.39, 0.29) is 18.6 Å². The topological polar surface area (TPSA) is 52.6 Å². The Balaban J connectivity index is 2.19. The standard InChI is InChI=1S/C25H28O4/c1-17(2)23(26)28-15-19-9-7-11-21(13-19)25(5,6)22-12-8-10-20(14-22)16-29-24(27)18(3)4/h7-14H,1,3,15-16H2,2,4-6H3. The second kappa shape index (κ2) is 9.37. The highest BCUT2D eigenvalue weighted by Crippen LogP contribution is 2.32. The minimum Gasteiger partial charge on any atom is -0.457 e. The molecule has 0 saturated carbocycles. The van der Waals surface area contributed by atoms with E-state index < -0.39 is 11.9 Å². The third kappa shape index (κ3) is 5.92. The summed E-state index contributed by atoms with van der Waals surface area (Å²) >= 11 is 0. The zero-order valence-corrected chi connectivity index (χ0v) is 17.6. The van der Waals surface area contributed by atoms with Gasteiger partial charge in [0.25, 0.3) is 0 Å². The number of rotatable bonds is 8. The van der Waals surface area contributed by atoms with Crippen LogP contribution in [0.4, 0.5) is 0 Å². The quantitative estimate of drug-likeness (QED) is 0.455. The lowest BCUT2D eigenvalue weighted by molar-refractivity contribution is -0.141. The molecule has 0 spiro atoms. The van der Waals surface area contributed by atoms with Crippen molar-refractivity contribution in [3.05, 3.63) is 95.1 Å². The number of carbonyl (C=O) groups is 2. The lowest BCUT2D eigenvalue weighted by atomic mass is 9.77. The number of benzene rings is 2. The van der Waals surface area contributed by atoms with Gasteiger partial charge in [-0.05, 0) is 36.1 Å². The molecule has 0 atom stereocenters. The highest BCUT2D eigenvalue weighted by atomic mass is 16.5. The van der Waals surface area contributed by atoms with E-state index in [1.165, 1.54) is 0 Å². The van der Waals surface area contributed by atoms with Crippen molar-refractivity contribution in [1.29, 1.82) is 0 Å². The van der Waals surface area contributed by atoms with E-state index in [2.05, 4.69) is 39.1 Å². The molecular formula is C25H28O4. The fraction of sp³-hybridized carbons (Fsp3) is 0.280. The van der Waals surface area contributed by atoms with Crippen molar-refractivity contribution < 1.29 is 19.1 Å². The van der Waals surface area contributed by atoms with E-state index in [1.807, 2.05) is 36.4 Å². The molecule has 0 unspecified atom stereocenters. The fourth-order valence-electron chi connectivity index (χ4n) is 2.81. The van der Waals surface area contributed by atoms with Crippen LogP contribution in [0, 0.1) is 0 Å². The first-order chi connectivity index (χ1) is 13.6. The van der Waals surface area contributed by atoms with Crippen molar-refractivity contribution in [1.82, 2.24) is 0 Å². The summed E-state index contributed by atoms with van der Waals surface area (Å²) in [7, 11) is 0. The Hall–Kier alpha value is -3.14. The second-order valence-corrected chi connectivity index (χ2v) is 7.74. The summed E-state index contributed by atoms with van der Waals surface area (Å²) in [6, 6.07) is 16.0. The van der Waals surface area contributed by atoms with Crippen LogP contribution in [-0.2, 0) is 37.7 Å². The Morgan fingerprint density at radius 1 is 0.793 bits per heavy atom. The molecule has 4 nitrogen and oxygen atoms in total. The predicted octanol–water partition coefficient (Wildman–Crippen LogP) is 5.25. The maximum atomic E-state index is 11.6. The van der Waals surface area contributed by atoms with Crippen LogP contribution >= 0.6 is 0 Å². The first kappa shape index (κ1) is 22.2. The molecule has 152 valence electrons. The molecule has 0 aliphatic rings. The minimum atomic E-state index is -0.397. The predicted molar refractivity (Wildman–Crippen MR) is 114 cm³/mol. The molecule has 0 N–H and O–H groups in total. The Kier molecular flexibility index (Phi) is 7.16. The SMILES string of the molecule is C=C(C)C(=O)OCc1cccc(C(C)(C)c2cccc(COC(=O)C(=C)C)c2)c1. The molecule has 2 aromatic carbocycles. The van der Waals surface area contributed by atoms with Gasteiger partial charge in [-0.15, -0.1) is 0 Å². The van der Waals surface area contributed by atoms with Crippen molar-refractivity contribution in [3.63, 3.8) is 0 Å². The lowest BCUT2D eigenvalue weighted by Gasteiger charge is -2.27. The first-order valence-electron chi connectivity index (χ1n) is 9.45. The fourth-order valence-corrected chi connectivity index (χ4v) is 2.81. The zero-order valence-electron chi connectivity index (χ0n) is 17.6. The maximum absolute atomic E-state index is 11.6. The average Bonchev–Trinajstić information content (AvgIpc) is 2.70. The van der Waals surface area contributed by atoms with Gasteiger partial charge in [-0.1, -0.05) is 75.5 Å². The summed E-state index contributed by atoms with van der Waals surface area (Å²) in [4.78, 5) is 23.3. The van der Waals surface area contributed by atoms with E-state index in [0.717, 1.165) is 22.3 Å². The van der Waals surface area contributed by atoms with Crippen molar-refractivity contribution in [2.24, 2.45) is 0 Å². The Labute approximate surface area is 172 Å². The van der Waals surface area contributed by atoms with Crippen LogP contribution in [0.5, 0.6) is 0 Å². The Morgan fingerprint density at radius 2 is 1.17 bits per heavy atom. The van der Waals surface area contributed by atoms with Gasteiger partial charge >= 0.3 is 11.9 Å². The van der Waals surface area contributed by atoms with Gasteiger partial charge in [-0.3, -0.25) is 0 Å². The number of hydrogen-bond donors (Lipinski definition) is 0. The van der Waals surface area contributed by atoms with Gasteiger partial charge in [0.1, 0.15) is 13.2 Å². The summed E-state index contributed by atoms with van der Waals surface area (Å²) in [6.45, 7) is 15.1. The van der Waals surface area contributed by atoms with Gasteiger partial charge in [0.2, 0.25) is 0 Å². The number of hydrogen-bond acceptors (Lipinski definition) is 4. The molecule has 0 radical (unpaired) electrons. The van der Waals surface area contributed by atoms with Gasteiger partial charge < -0.3 is 9.47 Å². The molecule has 0 saturated heterocycles. The molecule has 4 heteroatoms. The van der Waals surface area contributed by atoms with Gasteiger partial charge in [0.15, 0.2) is 0 Å². The summed E-state index contributed by atoms with van der Waals surface area (Å²) in [6.07, 6.45) is 0. The molecule has 2 aromatic rings. The van der Waals surface area contributed by atoms with Crippen molar-refractivity contribution in [2.75, 3.05) is 0 Å². The summed E-state index contributed by atoms with van der Waals surface area (Å²) in [5.74, 6) is -0.793. The third-order valence-electron chi connectivity index (χ3n) is 4.73.